The van der Waals surface area contributed by atoms with Gasteiger partial charge >= 0.3 is 0 Å². The molecular formula is C21H26ClNO2S. The summed E-state index contributed by atoms with van der Waals surface area (Å²) in [5.41, 5.74) is 1.22. The molecule has 0 aliphatic heterocycles. The lowest BCUT2D eigenvalue weighted by atomic mass is 10.1. The minimum atomic E-state index is -0.140. The van der Waals surface area contributed by atoms with Crippen molar-refractivity contribution >= 4 is 29.3 Å². The molecule has 0 heterocycles. The van der Waals surface area contributed by atoms with Gasteiger partial charge in [0.05, 0.1) is 11.4 Å². The van der Waals surface area contributed by atoms with E-state index in [1.54, 1.807) is 0 Å². The van der Waals surface area contributed by atoms with E-state index >= 15 is 0 Å². The molecule has 2 rings (SSSR count). The summed E-state index contributed by atoms with van der Waals surface area (Å²) < 4.78 is 5.71. The molecule has 2 aromatic carbocycles. The van der Waals surface area contributed by atoms with Crippen molar-refractivity contribution < 1.29 is 9.53 Å². The predicted molar refractivity (Wildman–Crippen MR) is 110 cm³/mol. The maximum absolute atomic E-state index is 12.2. The fourth-order valence-corrected chi connectivity index (χ4v) is 3.48. The zero-order valence-electron chi connectivity index (χ0n) is 15.5. The normalized spacial score (nSPS) is 12.0. The van der Waals surface area contributed by atoms with Crippen molar-refractivity contribution in [2.45, 2.75) is 49.9 Å². The van der Waals surface area contributed by atoms with Gasteiger partial charge in [-0.15, -0.1) is 11.8 Å². The summed E-state index contributed by atoms with van der Waals surface area (Å²) in [7, 11) is 0. The van der Waals surface area contributed by atoms with Crippen LogP contribution in [0.2, 0.25) is 5.02 Å². The molecule has 2 aromatic rings. The number of amides is 1. The maximum Gasteiger partial charge on any atom is 0.233 e. The highest BCUT2D eigenvalue weighted by Gasteiger charge is 2.13. The van der Waals surface area contributed by atoms with E-state index in [0.29, 0.717) is 11.6 Å². The molecule has 0 aromatic heterocycles. The van der Waals surface area contributed by atoms with Gasteiger partial charge in [-0.3, -0.25) is 4.79 Å². The van der Waals surface area contributed by atoms with Gasteiger partial charge in [-0.05, 0) is 75.6 Å². The molecule has 140 valence electrons. The number of aryl methyl sites for hydroxylation is 1. The molecule has 0 saturated heterocycles. The molecule has 0 bridgehead atoms. The Morgan fingerprint density at radius 2 is 1.88 bits per heavy atom. The van der Waals surface area contributed by atoms with Crippen LogP contribution in [0.5, 0.6) is 5.75 Å². The second kappa shape index (κ2) is 10.5. The van der Waals surface area contributed by atoms with E-state index in [1.165, 1.54) is 17.3 Å². The molecule has 0 unspecified atom stereocenters. The highest BCUT2D eigenvalue weighted by molar-refractivity contribution is 8.00. The number of halogens is 1. The van der Waals surface area contributed by atoms with Crippen LogP contribution < -0.4 is 10.1 Å². The summed E-state index contributed by atoms with van der Waals surface area (Å²) in [6, 6.07) is 15.7. The van der Waals surface area contributed by atoms with Crippen LogP contribution in [0.4, 0.5) is 0 Å². The first-order chi connectivity index (χ1) is 12.4. The standard InChI is InChI=1S/C21H26ClNO2S/c1-15(2)25-19-8-4-6-17(14-19)7-5-13-23-21(24)16(3)26-20-11-9-18(22)10-12-20/h4,6,8-12,14-16H,5,7,13H2,1-3H3,(H,23,24)/t16-/m1/s1. The SMILES string of the molecule is CC(C)Oc1cccc(CCCNC(=O)[C@@H](C)Sc2ccc(Cl)cc2)c1. The zero-order chi connectivity index (χ0) is 18.9. The Kier molecular flexibility index (Phi) is 8.33. The molecule has 5 heteroatoms. The molecule has 0 radical (unpaired) electrons. The Morgan fingerprint density at radius 3 is 2.58 bits per heavy atom. The van der Waals surface area contributed by atoms with Crippen LogP contribution in [0.1, 0.15) is 32.8 Å². The quantitative estimate of drug-likeness (QED) is 0.462. The van der Waals surface area contributed by atoms with Gasteiger partial charge in [0.25, 0.3) is 0 Å². The number of benzene rings is 2. The smallest absolute Gasteiger partial charge is 0.233 e. The van der Waals surface area contributed by atoms with Gasteiger partial charge in [0.2, 0.25) is 5.91 Å². The monoisotopic (exact) mass is 391 g/mol. The average Bonchev–Trinajstić information content (AvgIpc) is 2.60. The Hall–Kier alpha value is -1.65. The van der Waals surface area contributed by atoms with Crippen LogP contribution in [-0.2, 0) is 11.2 Å². The minimum absolute atomic E-state index is 0.0573. The summed E-state index contributed by atoms with van der Waals surface area (Å²) in [6.45, 7) is 6.62. The first-order valence-electron chi connectivity index (χ1n) is 8.89. The van der Waals surface area contributed by atoms with E-state index in [9.17, 15) is 4.79 Å². The summed E-state index contributed by atoms with van der Waals surface area (Å²) in [5.74, 6) is 0.955. The predicted octanol–water partition coefficient (Wildman–Crippen LogP) is 5.36. The molecule has 0 spiro atoms. The number of rotatable bonds is 9. The lowest BCUT2D eigenvalue weighted by molar-refractivity contribution is -0.120. The second-order valence-corrected chi connectivity index (χ2v) is 8.27. The van der Waals surface area contributed by atoms with Crippen molar-refractivity contribution in [3.05, 3.63) is 59.1 Å². The first kappa shape index (κ1) is 20.7. The second-order valence-electron chi connectivity index (χ2n) is 6.42. The molecular weight excluding hydrogens is 366 g/mol. The van der Waals surface area contributed by atoms with Crippen molar-refractivity contribution in [2.75, 3.05) is 6.54 Å². The number of nitrogens with one attached hydrogen (secondary N) is 1. The summed E-state index contributed by atoms with van der Waals surface area (Å²) in [6.07, 6.45) is 1.98. The Bertz CT molecular complexity index is 703. The molecule has 0 fully saturated rings. The zero-order valence-corrected chi connectivity index (χ0v) is 17.1. The fraction of sp³-hybridized carbons (Fsp3) is 0.381. The van der Waals surface area contributed by atoms with Gasteiger partial charge < -0.3 is 10.1 Å². The number of ether oxygens (including phenoxy) is 1. The molecule has 0 aliphatic rings. The Labute approximate surface area is 165 Å². The maximum atomic E-state index is 12.2. The number of hydrogen-bond acceptors (Lipinski definition) is 3. The summed E-state index contributed by atoms with van der Waals surface area (Å²) in [5, 5.41) is 3.58. The van der Waals surface area contributed by atoms with Gasteiger partial charge in [-0.1, -0.05) is 23.7 Å². The number of carbonyl (C=O) groups is 1. The van der Waals surface area contributed by atoms with Gasteiger partial charge in [-0.2, -0.15) is 0 Å². The molecule has 3 nitrogen and oxygen atoms in total. The molecule has 1 N–H and O–H groups in total. The lowest BCUT2D eigenvalue weighted by Gasteiger charge is -2.13. The largest absolute Gasteiger partial charge is 0.491 e. The van der Waals surface area contributed by atoms with Crippen LogP contribution in [0.3, 0.4) is 0 Å². The minimum Gasteiger partial charge on any atom is -0.491 e. The average molecular weight is 392 g/mol. The van der Waals surface area contributed by atoms with Gasteiger partial charge in [0.15, 0.2) is 0 Å². The van der Waals surface area contributed by atoms with E-state index < -0.39 is 0 Å². The van der Waals surface area contributed by atoms with E-state index in [0.717, 1.165) is 23.5 Å². The topological polar surface area (TPSA) is 38.3 Å². The number of thioether (sulfide) groups is 1. The van der Waals surface area contributed by atoms with Crippen LogP contribution >= 0.6 is 23.4 Å². The van der Waals surface area contributed by atoms with Gasteiger partial charge in [-0.25, -0.2) is 0 Å². The van der Waals surface area contributed by atoms with Crippen molar-refractivity contribution in [1.82, 2.24) is 5.32 Å². The first-order valence-corrected chi connectivity index (χ1v) is 10.2. The highest BCUT2D eigenvalue weighted by Crippen LogP contribution is 2.24. The third kappa shape index (κ3) is 7.30. The van der Waals surface area contributed by atoms with Crippen LogP contribution in [-0.4, -0.2) is 23.8 Å². The summed E-state index contributed by atoms with van der Waals surface area (Å²) in [4.78, 5) is 13.3. The highest BCUT2D eigenvalue weighted by atomic mass is 35.5. The van der Waals surface area contributed by atoms with E-state index in [-0.39, 0.29) is 17.3 Å². The number of carbonyl (C=O) groups excluding carboxylic acids is 1. The Balaban J connectivity index is 1.71. The molecule has 1 amide bonds. The van der Waals surface area contributed by atoms with E-state index in [1.807, 2.05) is 57.2 Å². The number of hydrogen-bond donors (Lipinski definition) is 1. The van der Waals surface area contributed by atoms with Crippen molar-refractivity contribution in [3.63, 3.8) is 0 Å². The summed E-state index contributed by atoms with van der Waals surface area (Å²) >= 11 is 7.42. The Morgan fingerprint density at radius 1 is 1.15 bits per heavy atom. The van der Waals surface area contributed by atoms with Crippen molar-refractivity contribution in [3.8, 4) is 5.75 Å². The molecule has 26 heavy (non-hydrogen) atoms. The van der Waals surface area contributed by atoms with E-state index in [2.05, 4.69) is 17.4 Å². The van der Waals surface area contributed by atoms with Gasteiger partial charge in [0.1, 0.15) is 5.75 Å². The van der Waals surface area contributed by atoms with Crippen LogP contribution in [0.15, 0.2) is 53.4 Å². The van der Waals surface area contributed by atoms with Gasteiger partial charge in [0, 0.05) is 16.5 Å². The molecule has 0 aliphatic carbocycles. The molecule has 1 atom stereocenters. The third-order valence-corrected chi connectivity index (χ3v) is 5.07. The van der Waals surface area contributed by atoms with Crippen LogP contribution in [0, 0.1) is 0 Å². The van der Waals surface area contributed by atoms with Crippen LogP contribution in [0.25, 0.3) is 0 Å². The lowest BCUT2D eigenvalue weighted by Crippen LogP contribution is -2.31. The third-order valence-electron chi connectivity index (χ3n) is 3.71. The fourth-order valence-electron chi connectivity index (χ4n) is 2.47. The van der Waals surface area contributed by atoms with Crippen molar-refractivity contribution in [1.29, 1.82) is 0 Å². The molecule has 0 saturated carbocycles. The van der Waals surface area contributed by atoms with Crippen molar-refractivity contribution in [2.24, 2.45) is 0 Å². The van der Waals surface area contributed by atoms with E-state index in [4.69, 9.17) is 16.3 Å².